The van der Waals surface area contributed by atoms with Gasteiger partial charge < -0.3 is 9.09 Å². The lowest BCUT2D eigenvalue weighted by Gasteiger charge is -2.26. The first kappa shape index (κ1) is 20.1. The zero-order valence-electron chi connectivity index (χ0n) is 17.4. The van der Waals surface area contributed by atoms with Crippen molar-refractivity contribution in [1.82, 2.24) is 19.4 Å². The maximum atomic E-state index is 11.3. The lowest BCUT2D eigenvalue weighted by Crippen LogP contribution is -2.26. The van der Waals surface area contributed by atoms with Gasteiger partial charge in [0.1, 0.15) is 0 Å². The summed E-state index contributed by atoms with van der Waals surface area (Å²) in [5.74, 6) is 1.02. The lowest BCUT2D eigenvalue weighted by atomic mass is 9.85. The Morgan fingerprint density at radius 1 is 1.26 bits per heavy atom. The molecule has 2 unspecified atom stereocenters. The van der Waals surface area contributed by atoms with Crippen LogP contribution in [0.25, 0.3) is 33.7 Å². The average molecular weight is 437 g/mol. The molecule has 0 aliphatic heterocycles. The predicted octanol–water partition coefficient (Wildman–Crippen LogP) is 5.04. The number of benzene rings is 2. The number of hydrogen-bond donors (Lipinski definition) is 2. The first-order chi connectivity index (χ1) is 15.0. The van der Waals surface area contributed by atoms with Crippen LogP contribution in [-0.4, -0.2) is 23.5 Å². The van der Waals surface area contributed by atoms with Crippen molar-refractivity contribution in [2.24, 2.45) is 0 Å². The van der Waals surface area contributed by atoms with Crippen LogP contribution in [0.5, 0.6) is 0 Å². The smallest absolute Gasteiger partial charge is 0.258 e. The van der Waals surface area contributed by atoms with E-state index in [-0.39, 0.29) is 6.04 Å². The van der Waals surface area contributed by atoms with E-state index >= 15 is 0 Å². The Bertz CT molecular complexity index is 1280. The Morgan fingerprint density at radius 3 is 2.94 bits per heavy atom. The van der Waals surface area contributed by atoms with E-state index in [0.29, 0.717) is 17.8 Å². The summed E-state index contributed by atoms with van der Waals surface area (Å²) in [5.41, 5.74) is 5.10. The zero-order chi connectivity index (χ0) is 21.5. The molecule has 2 heterocycles. The van der Waals surface area contributed by atoms with Gasteiger partial charge in [-0.3, -0.25) is 4.55 Å². The van der Waals surface area contributed by atoms with Crippen LogP contribution in [0.1, 0.15) is 49.9 Å². The third kappa shape index (κ3) is 3.71. The van der Waals surface area contributed by atoms with Gasteiger partial charge in [0.25, 0.3) is 5.89 Å². The SMILES string of the molecule is CC(C)n1ccc2cc(-c3nc(-c4cccc5c4CCCC5NS(=O)O)no3)ccc21. The van der Waals surface area contributed by atoms with Gasteiger partial charge in [-0.05, 0) is 68.5 Å². The fraction of sp³-hybridized carbons (Fsp3) is 0.304. The van der Waals surface area contributed by atoms with E-state index in [0.717, 1.165) is 46.9 Å². The molecular weight excluding hydrogens is 412 g/mol. The van der Waals surface area contributed by atoms with E-state index in [1.54, 1.807) is 0 Å². The fourth-order valence-corrected chi connectivity index (χ4v) is 4.99. The van der Waals surface area contributed by atoms with Crippen LogP contribution in [0.3, 0.4) is 0 Å². The van der Waals surface area contributed by atoms with Crippen LogP contribution in [0, 0.1) is 0 Å². The summed E-state index contributed by atoms with van der Waals surface area (Å²) in [6, 6.07) is 14.4. The van der Waals surface area contributed by atoms with Crippen molar-refractivity contribution in [2.75, 3.05) is 0 Å². The molecule has 1 aliphatic rings. The first-order valence-electron chi connectivity index (χ1n) is 10.4. The van der Waals surface area contributed by atoms with Crippen LogP contribution in [0.15, 0.2) is 53.2 Å². The number of hydrogen-bond acceptors (Lipinski definition) is 4. The highest BCUT2D eigenvalue weighted by atomic mass is 32.2. The number of nitrogens with one attached hydrogen (secondary N) is 1. The van der Waals surface area contributed by atoms with E-state index in [4.69, 9.17) is 4.52 Å². The molecule has 160 valence electrons. The second-order valence-electron chi connectivity index (χ2n) is 8.20. The summed E-state index contributed by atoms with van der Waals surface area (Å²) >= 11 is -2.06. The molecule has 1 aliphatic carbocycles. The van der Waals surface area contributed by atoms with Gasteiger partial charge >= 0.3 is 0 Å². The quantitative estimate of drug-likeness (QED) is 0.427. The van der Waals surface area contributed by atoms with Gasteiger partial charge in [0, 0.05) is 40.3 Å². The Labute approximate surface area is 182 Å². The van der Waals surface area contributed by atoms with Crippen molar-refractivity contribution in [1.29, 1.82) is 0 Å². The summed E-state index contributed by atoms with van der Waals surface area (Å²) in [7, 11) is 0. The number of aromatic nitrogens is 3. The molecule has 7 nitrogen and oxygen atoms in total. The van der Waals surface area contributed by atoms with Crippen molar-refractivity contribution in [2.45, 2.75) is 45.2 Å². The van der Waals surface area contributed by atoms with Gasteiger partial charge in [-0.2, -0.15) is 4.98 Å². The molecule has 5 rings (SSSR count). The molecular formula is C23H24N4O3S. The summed E-state index contributed by atoms with van der Waals surface area (Å²) < 4.78 is 31.1. The van der Waals surface area contributed by atoms with Crippen LogP contribution in [0.2, 0.25) is 0 Å². The van der Waals surface area contributed by atoms with Crippen LogP contribution < -0.4 is 4.72 Å². The van der Waals surface area contributed by atoms with Crippen LogP contribution >= 0.6 is 0 Å². The van der Waals surface area contributed by atoms with Crippen molar-refractivity contribution in [3.05, 3.63) is 59.8 Å². The molecule has 2 N–H and O–H groups in total. The molecule has 2 aromatic heterocycles. The highest BCUT2D eigenvalue weighted by molar-refractivity contribution is 7.77. The molecule has 0 fully saturated rings. The molecule has 4 aromatic rings. The van der Waals surface area contributed by atoms with Crippen molar-refractivity contribution in [3.63, 3.8) is 0 Å². The Kier molecular flexibility index (Phi) is 5.21. The molecule has 0 radical (unpaired) electrons. The maximum Gasteiger partial charge on any atom is 0.258 e. The number of rotatable bonds is 5. The van der Waals surface area contributed by atoms with Gasteiger partial charge in [-0.25, -0.2) is 8.93 Å². The minimum Gasteiger partial charge on any atom is -0.345 e. The summed E-state index contributed by atoms with van der Waals surface area (Å²) in [4.78, 5) is 4.68. The molecule has 8 heteroatoms. The van der Waals surface area contributed by atoms with Gasteiger partial charge in [-0.1, -0.05) is 23.4 Å². The summed E-state index contributed by atoms with van der Waals surface area (Å²) in [6.45, 7) is 4.33. The third-order valence-electron chi connectivity index (χ3n) is 5.94. The molecule has 0 saturated heterocycles. The Balaban J connectivity index is 1.50. The van der Waals surface area contributed by atoms with Crippen LogP contribution in [-0.2, 0) is 17.7 Å². The van der Waals surface area contributed by atoms with Crippen molar-refractivity contribution < 1.29 is 13.3 Å². The van der Waals surface area contributed by atoms with Crippen LogP contribution in [0.4, 0.5) is 0 Å². The monoisotopic (exact) mass is 436 g/mol. The van der Waals surface area contributed by atoms with Gasteiger partial charge in [0.15, 0.2) is 0 Å². The van der Waals surface area contributed by atoms with E-state index in [1.807, 2.05) is 24.3 Å². The first-order valence-corrected chi connectivity index (χ1v) is 11.6. The highest BCUT2D eigenvalue weighted by Crippen LogP contribution is 2.36. The molecule has 2 atom stereocenters. The molecule has 0 amide bonds. The minimum absolute atomic E-state index is 0.159. The number of nitrogens with zero attached hydrogens (tertiary/aromatic N) is 3. The van der Waals surface area contributed by atoms with E-state index in [2.05, 4.69) is 57.7 Å². The highest BCUT2D eigenvalue weighted by Gasteiger charge is 2.25. The van der Waals surface area contributed by atoms with Gasteiger partial charge in [0.05, 0.1) is 0 Å². The molecule has 0 saturated carbocycles. The second-order valence-corrected chi connectivity index (χ2v) is 8.93. The van der Waals surface area contributed by atoms with Gasteiger partial charge in [-0.15, -0.1) is 0 Å². The normalized spacial score (nSPS) is 17.2. The molecule has 0 spiro atoms. The predicted molar refractivity (Wildman–Crippen MR) is 121 cm³/mol. The largest absolute Gasteiger partial charge is 0.345 e. The molecule has 2 aromatic carbocycles. The maximum absolute atomic E-state index is 11.3. The molecule has 0 bridgehead atoms. The molecule has 31 heavy (non-hydrogen) atoms. The van der Waals surface area contributed by atoms with Crippen molar-refractivity contribution >= 4 is 22.2 Å². The summed E-state index contributed by atoms with van der Waals surface area (Å²) in [5, 5.41) is 5.38. The summed E-state index contributed by atoms with van der Waals surface area (Å²) in [6.07, 6.45) is 4.71. The minimum atomic E-state index is -2.06. The Hall–Kier alpha value is -2.81. The second kappa shape index (κ2) is 8.03. The zero-order valence-corrected chi connectivity index (χ0v) is 18.2. The average Bonchev–Trinajstić information content (AvgIpc) is 3.40. The van der Waals surface area contributed by atoms with E-state index < -0.39 is 11.3 Å². The van der Waals surface area contributed by atoms with E-state index in [1.165, 1.54) is 5.52 Å². The van der Waals surface area contributed by atoms with E-state index in [9.17, 15) is 8.76 Å². The lowest BCUT2D eigenvalue weighted by molar-refractivity contribution is 0.432. The third-order valence-corrected chi connectivity index (χ3v) is 6.43. The van der Waals surface area contributed by atoms with Gasteiger partial charge in [0.2, 0.25) is 17.1 Å². The standard InChI is InChI=1S/C23H24N4O3S/c1-14(2)27-12-11-15-13-16(9-10-21(15)27)23-24-22(25-30-23)19-7-3-6-18-17(19)5-4-8-20(18)26-31(28)29/h3,6-7,9-14,20,26H,4-5,8H2,1-2H3,(H,28,29). The number of fused-ring (bicyclic) bond motifs is 2. The van der Waals surface area contributed by atoms with Crippen molar-refractivity contribution in [3.8, 4) is 22.8 Å². The Morgan fingerprint density at radius 2 is 2.13 bits per heavy atom. The topological polar surface area (TPSA) is 93.2 Å². The fourth-order valence-electron chi connectivity index (χ4n) is 4.50.